The maximum Gasteiger partial charge on any atom is 0.336 e. The van der Waals surface area contributed by atoms with Crippen LogP contribution in [-0.4, -0.2) is 28.1 Å². The van der Waals surface area contributed by atoms with Gasteiger partial charge in [0, 0.05) is 23.5 Å². The van der Waals surface area contributed by atoms with Crippen LogP contribution in [0.5, 0.6) is 0 Å². The minimum atomic E-state index is -1.50. The normalized spacial score (nSPS) is 45.5. The van der Waals surface area contributed by atoms with E-state index >= 15 is 0 Å². The van der Waals surface area contributed by atoms with Crippen molar-refractivity contribution < 1.29 is 19.7 Å². The van der Waals surface area contributed by atoms with Crippen molar-refractivity contribution in [3.05, 3.63) is 22.8 Å². The Kier molecular flexibility index (Phi) is 2.51. The van der Waals surface area contributed by atoms with Crippen molar-refractivity contribution in [3.63, 3.8) is 0 Å². The number of aliphatic hydroxyl groups excluding tert-OH is 1. The molecular weight excluding hydrogens is 244 g/mol. The zero-order valence-corrected chi connectivity index (χ0v) is 11.6. The molecule has 3 aliphatic rings. The van der Waals surface area contributed by atoms with Gasteiger partial charge in [-0.2, -0.15) is 0 Å². The maximum atomic E-state index is 11.7. The Hall–Kier alpha value is -1.13. The molecule has 1 heterocycles. The number of allylic oxidation sites excluding steroid dienone is 1. The zero-order valence-electron chi connectivity index (χ0n) is 11.6. The van der Waals surface area contributed by atoms with Gasteiger partial charge in [-0.05, 0) is 32.1 Å². The highest BCUT2D eigenvalue weighted by molar-refractivity contribution is 5.92. The first kappa shape index (κ1) is 12.9. The highest BCUT2D eigenvalue weighted by Gasteiger charge is 2.58. The first-order chi connectivity index (χ1) is 8.78. The van der Waals surface area contributed by atoms with Crippen LogP contribution in [0.25, 0.3) is 0 Å². The van der Waals surface area contributed by atoms with E-state index in [1.54, 1.807) is 6.92 Å². The molecule has 0 saturated heterocycles. The second-order valence-electron chi connectivity index (χ2n) is 6.37. The number of hydrogen-bond donors (Lipinski definition) is 2. The van der Waals surface area contributed by atoms with Crippen LogP contribution >= 0.6 is 0 Å². The lowest BCUT2D eigenvalue weighted by atomic mass is 9.56. The number of carbonyl (C=O) groups is 1. The van der Waals surface area contributed by atoms with Gasteiger partial charge < -0.3 is 14.9 Å². The van der Waals surface area contributed by atoms with Crippen LogP contribution < -0.4 is 0 Å². The van der Waals surface area contributed by atoms with Crippen molar-refractivity contribution in [2.45, 2.75) is 51.9 Å². The fourth-order valence-electron chi connectivity index (χ4n) is 3.85. The lowest BCUT2D eigenvalue weighted by molar-refractivity contribution is -0.204. The van der Waals surface area contributed by atoms with E-state index in [4.69, 9.17) is 4.74 Å². The third-order valence-corrected chi connectivity index (χ3v) is 5.38. The van der Waals surface area contributed by atoms with Crippen molar-refractivity contribution in [1.29, 1.82) is 0 Å². The van der Waals surface area contributed by atoms with Gasteiger partial charge in [0.25, 0.3) is 0 Å². The molecule has 4 heteroatoms. The summed E-state index contributed by atoms with van der Waals surface area (Å²) in [6, 6.07) is 0. The predicted octanol–water partition coefficient (Wildman–Crippen LogP) is 1.68. The lowest BCUT2D eigenvalue weighted by Gasteiger charge is -2.51. The molecule has 4 nitrogen and oxygen atoms in total. The Balaban J connectivity index is 2.09. The molecule has 0 bridgehead atoms. The van der Waals surface area contributed by atoms with E-state index in [2.05, 4.69) is 19.9 Å². The van der Waals surface area contributed by atoms with Crippen LogP contribution in [0.1, 0.15) is 40.0 Å². The summed E-state index contributed by atoms with van der Waals surface area (Å²) < 4.78 is 5.15. The lowest BCUT2D eigenvalue weighted by Crippen LogP contribution is -2.51. The topological polar surface area (TPSA) is 66.8 Å². The van der Waals surface area contributed by atoms with Crippen molar-refractivity contribution in [3.8, 4) is 0 Å². The molecule has 0 amide bonds. The monoisotopic (exact) mass is 264 g/mol. The molecular formula is C15H20O4. The summed E-state index contributed by atoms with van der Waals surface area (Å²) in [7, 11) is 0. The van der Waals surface area contributed by atoms with E-state index in [0.29, 0.717) is 24.0 Å². The van der Waals surface area contributed by atoms with Crippen LogP contribution in [0.2, 0.25) is 0 Å². The number of fused-ring (bicyclic) bond motifs is 2. The molecule has 0 aromatic carbocycles. The molecule has 0 spiro atoms. The van der Waals surface area contributed by atoms with Gasteiger partial charge in [-0.3, -0.25) is 0 Å². The number of hydrogen-bond acceptors (Lipinski definition) is 4. The maximum absolute atomic E-state index is 11.7. The standard InChI is InChI=1S/C15H20O4/c1-8-4-5-12(16)11-7-15(18)10(6-14(8,11)3)9(2)13(17)19-15/h4,11-12,16,18H,5-7H2,1-3H3/t11-,12-,14+,15+/m0/s1. The smallest absolute Gasteiger partial charge is 0.336 e. The molecule has 0 radical (unpaired) electrons. The SMILES string of the molecule is CC1=CC[C@H](O)[C@@H]2C[C@@]3(O)OC(=O)C(C)=C3C[C@]12C. The minimum absolute atomic E-state index is 0.0788. The number of esters is 1. The van der Waals surface area contributed by atoms with E-state index in [-0.39, 0.29) is 17.8 Å². The van der Waals surface area contributed by atoms with Gasteiger partial charge in [-0.25, -0.2) is 4.79 Å². The van der Waals surface area contributed by atoms with E-state index in [1.807, 2.05) is 0 Å². The van der Waals surface area contributed by atoms with Gasteiger partial charge in [0.2, 0.25) is 5.79 Å². The molecule has 2 N–H and O–H groups in total. The van der Waals surface area contributed by atoms with Gasteiger partial charge in [-0.15, -0.1) is 0 Å². The third-order valence-electron chi connectivity index (χ3n) is 5.38. The Labute approximate surface area is 112 Å². The van der Waals surface area contributed by atoms with E-state index < -0.39 is 17.9 Å². The summed E-state index contributed by atoms with van der Waals surface area (Å²) in [5, 5.41) is 20.8. The number of rotatable bonds is 0. The summed E-state index contributed by atoms with van der Waals surface area (Å²) in [6.45, 7) is 5.88. The number of ether oxygens (including phenoxy) is 1. The average Bonchev–Trinajstić information content (AvgIpc) is 2.55. The van der Waals surface area contributed by atoms with Gasteiger partial charge in [-0.1, -0.05) is 18.6 Å². The van der Waals surface area contributed by atoms with Gasteiger partial charge in [0.1, 0.15) is 0 Å². The van der Waals surface area contributed by atoms with Gasteiger partial charge in [0.05, 0.1) is 6.10 Å². The molecule has 3 rings (SSSR count). The van der Waals surface area contributed by atoms with E-state index in [0.717, 1.165) is 0 Å². The summed E-state index contributed by atoms with van der Waals surface area (Å²) in [4.78, 5) is 11.7. The Morgan fingerprint density at radius 2 is 2.11 bits per heavy atom. The average molecular weight is 264 g/mol. The second-order valence-corrected chi connectivity index (χ2v) is 6.37. The molecule has 0 unspecified atom stereocenters. The Bertz CT molecular complexity index is 518. The van der Waals surface area contributed by atoms with Crippen LogP contribution in [-0.2, 0) is 9.53 Å². The second kappa shape index (κ2) is 3.70. The van der Waals surface area contributed by atoms with Gasteiger partial charge in [0.15, 0.2) is 0 Å². The van der Waals surface area contributed by atoms with Crippen LogP contribution in [0.3, 0.4) is 0 Å². The van der Waals surface area contributed by atoms with Gasteiger partial charge >= 0.3 is 5.97 Å². The summed E-state index contributed by atoms with van der Waals surface area (Å²) in [5.74, 6) is -2.01. The first-order valence-corrected chi connectivity index (χ1v) is 6.79. The quantitative estimate of drug-likeness (QED) is 0.516. The molecule has 1 fully saturated rings. The van der Waals surface area contributed by atoms with E-state index in [9.17, 15) is 15.0 Å². The Morgan fingerprint density at radius 1 is 1.42 bits per heavy atom. The van der Waals surface area contributed by atoms with Crippen molar-refractivity contribution in [1.82, 2.24) is 0 Å². The van der Waals surface area contributed by atoms with Crippen LogP contribution in [0, 0.1) is 11.3 Å². The highest BCUT2D eigenvalue weighted by Crippen LogP contribution is 2.57. The minimum Gasteiger partial charge on any atom is -0.426 e. The summed E-state index contributed by atoms with van der Waals surface area (Å²) in [6.07, 6.45) is 3.05. The molecule has 2 aliphatic carbocycles. The van der Waals surface area contributed by atoms with Crippen molar-refractivity contribution in [2.75, 3.05) is 0 Å². The molecule has 1 aliphatic heterocycles. The fraction of sp³-hybridized carbons (Fsp3) is 0.667. The van der Waals surface area contributed by atoms with Crippen molar-refractivity contribution >= 4 is 5.97 Å². The summed E-state index contributed by atoms with van der Waals surface area (Å²) in [5.41, 5.74) is 2.24. The first-order valence-electron chi connectivity index (χ1n) is 6.79. The molecule has 4 atom stereocenters. The molecule has 104 valence electrons. The Morgan fingerprint density at radius 3 is 2.79 bits per heavy atom. The molecule has 0 aromatic rings. The highest BCUT2D eigenvalue weighted by atomic mass is 16.7. The van der Waals surface area contributed by atoms with Crippen molar-refractivity contribution in [2.24, 2.45) is 11.3 Å². The third kappa shape index (κ3) is 1.56. The van der Waals surface area contributed by atoms with Crippen LogP contribution in [0.4, 0.5) is 0 Å². The van der Waals surface area contributed by atoms with Crippen LogP contribution in [0.15, 0.2) is 22.8 Å². The molecule has 19 heavy (non-hydrogen) atoms. The van der Waals surface area contributed by atoms with E-state index in [1.165, 1.54) is 5.57 Å². The molecule has 1 saturated carbocycles. The number of aliphatic hydroxyl groups is 2. The predicted molar refractivity (Wildman–Crippen MR) is 69.0 cm³/mol. The largest absolute Gasteiger partial charge is 0.426 e. The summed E-state index contributed by atoms with van der Waals surface area (Å²) >= 11 is 0. The fourth-order valence-corrected chi connectivity index (χ4v) is 3.85. The number of carbonyl (C=O) groups excluding carboxylic acids is 1. The zero-order chi connectivity index (χ0) is 14.0. The molecule has 0 aromatic heterocycles.